The highest BCUT2D eigenvalue weighted by atomic mass is 32.2. The van der Waals surface area contributed by atoms with Crippen LogP contribution in [-0.2, 0) is 0 Å². The molecule has 0 aliphatic rings. The van der Waals surface area contributed by atoms with Gasteiger partial charge in [-0.1, -0.05) is 11.8 Å². The minimum absolute atomic E-state index is 0.333. The van der Waals surface area contributed by atoms with E-state index >= 15 is 0 Å². The van der Waals surface area contributed by atoms with Gasteiger partial charge in [-0.3, -0.25) is 4.98 Å². The van der Waals surface area contributed by atoms with Crippen molar-refractivity contribution in [2.75, 3.05) is 0 Å². The lowest BCUT2D eigenvalue weighted by atomic mass is 10.1. The highest BCUT2D eigenvalue weighted by Gasteiger charge is 2.10. The van der Waals surface area contributed by atoms with Crippen LogP contribution in [0.1, 0.15) is 18.6 Å². The van der Waals surface area contributed by atoms with Crippen LogP contribution in [0.4, 0.5) is 4.39 Å². The molecular formula is C13H12FNOS. The molecular weight excluding hydrogens is 237 g/mol. The van der Waals surface area contributed by atoms with E-state index in [9.17, 15) is 9.50 Å². The topological polar surface area (TPSA) is 33.1 Å². The number of halogens is 1. The lowest BCUT2D eigenvalue weighted by Gasteiger charge is -2.11. The van der Waals surface area contributed by atoms with Gasteiger partial charge in [0.1, 0.15) is 5.82 Å². The molecule has 4 heteroatoms. The molecule has 1 atom stereocenters. The van der Waals surface area contributed by atoms with Gasteiger partial charge in [-0.15, -0.1) is 0 Å². The predicted octanol–water partition coefficient (Wildman–Crippen LogP) is 3.43. The van der Waals surface area contributed by atoms with Crippen LogP contribution in [0.25, 0.3) is 0 Å². The van der Waals surface area contributed by atoms with Gasteiger partial charge in [-0.2, -0.15) is 0 Å². The maximum atomic E-state index is 13.1. The first-order chi connectivity index (χ1) is 8.16. The number of benzene rings is 1. The van der Waals surface area contributed by atoms with Crippen LogP contribution in [0, 0.1) is 5.82 Å². The van der Waals surface area contributed by atoms with Crippen molar-refractivity contribution in [3.8, 4) is 0 Å². The van der Waals surface area contributed by atoms with Gasteiger partial charge in [0.2, 0.25) is 0 Å². The van der Waals surface area contributed by atoms with Gasteiger partial charge in [0.25, 0.3) is 0 Å². The Kier molecular flexibility index (Phi) is 3.76. The van der Waals surface area contributed by atoms with E-state index in [4.69, 9.17) is 0 Å². The maximum Gasteiger partial charge on any atom is 0.123 e. The second-order valence-electron chi connectivity index (χ2n) is 3.64. The first-order valence-electron chi connectivity index (χ1n) is 5.22. The fourth-order valence-corrected chi connectivity index (χ4v) is 2.47. The molecule has 0 aliphatic heterocycles. The molecule has 1 aromatic carbocycles. The van der Waals surface area contributed by atoms with E-state index in [0.717, 1.165) is 9.79 Å². The largest absolute Gasteiger partial charge is 0.389 e. The second kappa shape index (κ2) is 5.29. The molecule has 0 aliphatic carbocycles. The SMILES string of the molecule is CC(O)c1cc(F)ccc1Sc1ccncc1. The summed E-state index contributed by atoms with van der Waals surface area (Å²) < 4.78 is 13.1. The third-order valence-electron chi connectivity index (χ3n) is 2.30. The second-order valence-corrected chi connectivity index (χ2v) is 4.76. The summed E-state index contributed by atoms with van der Waals surface area (Å²) in [5, 5.41) is 9.61. The Morgan fingerprint density at radius 2 is 1.94 bits per heavy atom. The summed E-state index contributed by atoms with van der Waals surface area (Å²) in [4.78, 5) is 5.80. The molecule has 1 heterocycles. The van der Waals surface area contributed by atoms with Crippen LogP contribution in [0.2, 0.25) is 0 Å². The van der Waals surface area contributed by atoms with E-state index in [1.54, 1.807) is 25.4 Å². The van der Waals surface area contributed by atoms with Gasteiger partial charge in [0, 0.05) is 22.2 Å². The molecule has 88 valence electrons. The lowest BCUT2D eigenvalue weighted by molar-refractivity contribution is 0.196. The van der Waals surface area contributed by atoms with Crippen molar-refractivity contribution in [1.29, 1.82) is 0 Å². The number of hydrogen-bond donors (Lipinski definition) is 1. The zero-order valence-corrected chi connectivity index (χ0v) is 10.1. The van der Waals surface area contributed by atoms with Crippen LogP contribution in [-0.4, -0.2) is 10.1 Å². The third-order valence-corrected chi connectivity index (χ3v) is 3.40. The monoisotopic (exact) mass is 249 g/mol. The minimum Gasteiger partial charge on any atom is -0.389 e. The van der Waals surface area contributed by atoms with E-state index < -0.39 is 6.10 Å². The number of aromatic nitrogens is 1. The number of nitrogens with zero attached hydrogens (tertiary/aromatic N) is 1. The van der Waals surface area contributed by atoms with Gasteiger partial charge in [0.15, 0.2) is 0 Å². The zero-order chi connectivity index (χ0) is 12.3. The molecule has 2 nitrogen and oxygen atoms in total. The van der Waals surface area contributed by atoms with Crippen molar-refractivity contribution >= 4 is 11.8 Å². The number of rotatable bonds is 3. The fourth-order valence-electron chi connectivity index (χ4n) is 1.47. The third kappa shape index (κ3) is 3.05. The van der Waals surface area contributed by atoms with Crippen molar-refractivity contribution < 1.29 is 9.50 Å². The molecule has 0 fully saturated rings. The van der Waals surface area contributed by atoms with Crippen molar-refractivity contribution in [2.45, 2.75) is 22.8 Å². The summed E-state index contributed by atoms with van der Waals surface area (Å²) in [7, 11) is 0. The highest BCUT2D eigenvalue weighted by molar-refractivity contribution is 7.99. The molecule has 0 radical (unpaired) electrons. The predicted molar refractivity (Wildman–Crippen MR) is 65.4 cm³/mol. The summed E-state index contributed by atoms with van der Waals surface area (Å²) in [5.74, 6) is -0.333. The zero-order valence-electron chi connectivity index (χ0n) is 9.30. The van der Waals surface area contributed by atoms with Crippen LogP contribution < -0.4 is 0 Å². The molecule has 0 saturated carbocycles. The normalized spacial score (nSPS) is 12.4. The van der Waals surface area contributed by atoms with Crippen molar-refractivity contribution in [3.63, 3.8) is 0 Å². The Bertz CT molecular complexity index is 502. The molecule has 0 amide bonds. The van der Waals surface area contributed by atoms with Crippen molar-refractivity contribution in [1.82, 2.24) is 4.98 Å². The minimum atomic E-state index is -0.685. The number of aliphatic hydroxyl groups is 1. The molecule has 1 N–H and O–H groups in total. The van der Waals surface area contributed by atoms with Crippen LogP contribution >= 0.6 is 11.8 Å². The van der Waals surface area contributed by atoms with Crippen LogP contribution in [0.3, 0.4) is 0 Å². The van der Waals surface area contributed by atoms with Gasteiger partial charge in [0.05, 0.1) is 6.10 Å². The lowest BCUT2D eigenvalue weighted by Crippen LogP contribution is -1.95. The fraction of sp³-hybridized carbons (Fsp3) is 0.154. The number of hydrogen-bond acceptors (Lipinski definition) is 3. The van der Waals surface area contributed by atoms with Gasteiger partial charge in [-0.25, -0.2) is 4.39 Å². The maximum absolute atomic E-state index is 13.1. The van der Waals surface area contributed by atoms with Crippen LogP contribution in [0.15, 0.2) is 52.5 Å². The van der Waals surface area contributed by atoms with Gasteiger partial charge < -0.3 is 5.11 Å². The first-order valence-corrected chi connectivity index (χ1v) is 6.04. The van der Waals surface area contributed by atoms with Crippen molar-refractivity contribution in [2.24, 2.45) is 0 Å². The summed E-state index contributed by atoms with van der Waals surface area (Å²) in [6.07, 6.45) is 2.72. The summed E-state index contributed by atoms with van der Waals surface area (Å²) in [6, 6.07) is 8.20. The van der Waals surface area contributed by atoms with E-state index in [2.05, 4.69) is 4.98 Å². The summed E-state index contributed by atoms with van der Waals surface area (Å²) >= 11 is 1.48. The number of pyridine rings is 1. The smallest absolute Gasteiger partial charge is 0.123 e. The molecule has 0 saturated heterocycles. The molecule has 0 spiro atoms. The van der Waals surface area contributed by atoms with E-state index in [-0.39, 0.29) is 5.82 Å². The Morgan fingerprint density at radius 1 is 1.24 bits per heavy atom. The standard InChI is InChI=1S/C13H12FNOS/c1-9(16)12-8-10(14)2-3-13(12)17-11-4-6-15-7-5-11/h2-9,16H,1H3. The Morgan fingerprint density at radius 3 is 2.59 bits per heavy atom. The molecule has 17 heavy (non-hydrogen) atoms. The molecule has 1 unspecified atom stereocenters. The average Bonchev–Trinajstić information content (AvgIpc) is 2.32. The van der Waals surface area contributed by atoms with E-state index in [0.29, 0.717) is 5.56 Å². The molecule has 2 rings (SSSR count). The molecule has 0 bridgehead atoms. The summed E-state index contributed by atoms with van der Waals surface area (Å²) in [5.41, 5.74) is 0.604. The van der Waals surface area contributed by atoms with Crippen molar-refractivity contribution in [3.05, 3.63) is 54.1 Å². The first kappa shape index (κ1) is 12.1. The quantitative estimate of drug-likeness (QED) is 0.904. The Labute approximate surface area is 104 Å². The molecule has 1 aromatic heterocycles. The Balaban J connectivity index is 2.33. The van der Waals surface area contributed by atoms with Gasteiger partial charge in [-0.05, 0) is 42.8 Å². The van der Waals surface area contributed by atoms with Gasteiger partial charge >= 0.3 is 0 Å². The molecule has 2 aromatic rings. The number of aliphatic hydroxyl groups excluding tert-OH is 1. The van der Waals surface area contributed by atoms with Crippen LogP contribution in [0.5, 0.6) is 0 Å². The average molecular weight is 249 g/mol. The highest BCUT2D eigenvalue weighted by Crippen LogP contribution is 2.33. The Hall–Kier alpha value is -1.39. The van der Waals surface area contributed by atoms with E-state index in [1.807, 2.05) is 12.1 Å². The van der Waals surface area contributed by atoms with E-state index in [1.165, 1.54) is 23.9 Å². The summed E-state index contributed by atoms with van der Waals surface area (Å²) in [6.45, 7) is 1.63.